The zero-order valence-electron chi connectivity index (χ0n) is 22.2. The highest BCUT2D eigenvalue weighted by atomic mass is 14.4. The maximum Gasteiger partial charge on any atom is 0.0159 e. The molecule has 0 aromatic heterocycles. The fourth-order valence-corrected chi connectivity index (χ4v) is 6.83. The molecule has 0 N–H and O–H groups in total. The molecule has 0 saturated heterocycles. The second-order valence-electron chi connectivity index (χ2n) is 11.4. The molecule has 7 aromatic carbocycles. The van der Waals surface area contributed by atoms with E-state index in [1.165, 1.54) is 76.8 Å². The Morgan fingerprint density at radius 3 is 1.41 bits per heavy atom. The molecule has 39 heavy (non-hydrogen) atoms. The van der Waals surface area contributed by atoms with Gasteiger partial charge in [0, 0.05) is 5.41 Å². The Hall–Kier alpha value is -4.68. The van der Waals surface area contributed by atoms with E-state index in [2.05, 4.69) is 147 Å². The number of hydrogen-bond donors (Lipinski definition) is 0. The van der Waals surface area contributed by atoms with E-state index in [4.69, 9.17) is 0 Å². The summed E-state index contributed by atoms with van der Waals surface area (Å²) in [6.45, 7) is 4.69. The molecule has 0 atom stereocenters. The molecule has 184 valence electrons. The van der Waals surface area contributed by atoms with Gasteiger partial charge in [-0.05, 0) is 89.0 Å². The highest BCUT2D eigenvalue weighted by Crippen LogP contribution is 2.49. The lowest BCUT2D eigenvalue weighted by atomic mass is 9.81. The third-order valence-corrected chi connectivity index (χ3v) is 8.88. The summed E-state index contributed by atoms with van der Waals surface area (Å²) < 4.78 is 0. The second kappa shape index (κ2) is 8.16. The van der Waals surface area contributed by atoms with Gasteiger partial charge in [-0.1, -0.05) is 135 Å². The number of benzene rings is 7. The minimum Gasteiger partial charge on any atom is -0.0619 e. The molecule has 1 aliphatic rings. The topological polar surface area (TPSA) is 0 Å². The van der Waals surface area contributed by atoms with Gasteiger partial charge in [0.2, 0.25) is 0 Å². The zero-order valence-corrected chi connectivity index (χ0v) is 22.2. The monoisotopic (exact) mass is 496 g/mol. The molecule has 0 saturated carbocycles. The molecule has 0 spiro atoms. The molecule has 0 unspecified atom stereocenters. The van der Waals surface area contributed by atoms with Crippen LogP contribution in [0.25, 0.3) is 65.7 Å². The van der Waals surface area contributed by atoms with Crippen LogP contribution < -0.4 is 0 Å². The van der Waals surface area contributed by atoms with Gasteiger partial charge in [-0.25, -0.2) is 0 Å². The Labute approximate surface area is 229 Å². The third-order valence-electron chi connectivity index (χ3n) is 8.88. The molecule has 0 nitrogen and oxygen atoms in total. The third kappa shape index (κ3) is 3.25. The molecule has 0 heterocycles. The van der Waals surface area contributed by atoms with Crippen molar-refractivity contribution in [2.75, 3.05) is 0 Å². The fourth-order valence-electron chi connectivity index (χ4n) is 6.83. The van der Waals surface area contributed by atoms with Crippen molar-refractivity contribution in [3.05, 3.63) is 145 Å². The number of hydrogen-bond acceptors (Lipinski definition) is 0. The van der Waals surface area contributed by atoms with Crippen LogP contribution >= 0.6 is 0 Å². The average Bonchev–Trinajstić information content (AvgIpc) is 3.23. The van der Waals surface area contributed by atoms with E-state index < -0.39 is 0 Å². The molecule has 8 rings (SSSR count). The van der Waals surface area contributed by atoms with Crippen LogP contribution in [0.1, 0.15) is 25.0 Å². The van der Waals surface area contributed by atoms with Crippen LogP contribution in [-0.2, 0) is 5.41 Å². The Morgan fingerprint density at radius 1 is 0.333 bits per heavy atom. The summed E-state index contributed by atoms with van der Waals surface area (Å²) in [4.78, 5) is 0. The largest absolute Gasteiger partial charge is 0.0619 e. The van der Waals surface area contributed by atoms with Gasteiger partial charge in [-0.2, -0.15) is 0 Å². The van der Waals surface area contributed by atoms with Gasteiger partial charge in [-0.3, -0.25) is 0 Å². The van der Waals surface area contributed by atoms with Gasteiger partial charge in [0.05, 0.1) is 0 Å². The summed E-state index contributed by atoms with van der Waals surface area (Å²) in [5.74, 6) is 0. The first-order valence-corrected chi connectivity index (χ1v) is 13.8. The second-order valence-corrected chi connectivity index (χ2v) is 11.4. The van der Waals surface area contributed by atoms with Crippen molar-refractivity contribution in [3.63, 3.8) is 0 Å². The van der Waals surface area contributed by atoms with Crippen molar-refractivity contribution in [2.45, 2.75) is 19.3 Å². The van der Waals surface area contributed by atoms with Crippen molar-refractivity contribution in [2.24, 2.45) is 0 Å². The van der Waals surface area contributed by atoms with Gasteiger partial charge >= 0.3 is 0 Å². The summed E-state index contributed by atoms with van der Waals surface area (Å²) in [5.41, 5.74) is 10.6. The molecular formula is C39H28. The fraction of sp³-hybridized carbons (Fsp3) is 0.0769. The normalized spacial score (nSPS) is 13.6. The summed E-state index contributed by atoms with van der Waals surface area (Å²) in [6, 6.07) is 49.4. The molecule has 0 fully saturated rings. The smallest absolute Gasteiger partial charge is 0.0159 e. The highest BCUT2D eigenvalue weighted by Gasteiger charge is 2.35. The summed E-state index contributed by atoms with van der Waals surface area (Å²) in [6.07, 6.45) is 0. The maximum atomic E-state index is 2.40. The van der Waals surface area contributed by atoms with Gasteiger partial charge in [0.15, 0.2) is 0 Å². The average molecular weight is 497 g/mol. The summed E-state index contributed by atoms with van der Waals surface area (Å²) >= 11 is 0. The molecule has 1 aliphatic carbocycles. The highest BCUT2D eigenvalue weighted by molar-refractivity contribution is 6.25. The first-order valence-electron chi connectivity index (χ1n) is 13.8. The summed E-state index contributed by atoms with van der Waals surface area (Å²) in [5, 5.41) is 7.88. The van der Waals surface area contributed by atoms with E-state index in [1.54, 1.807) is 0 Å². The van der Waals surface area contributed by atoms with E-state index in [0.717, 1.165) is 0 Å². The molecule has 0 aliphatic heterocycles. The zero-order chi connectivity index (χ0) is 26.1. The van der Waals surface area contributed by atoms with Crippen LogP contribution in [0.4, 0.5) is 0 Å². The van der Waals surface area contributed by atoms with Crippen molar-refractivity contribution in [1.82, 2.24) is 0 Å². The van der Waals surface area contributed by atoms with E-state index in [0.29, 0.717) is 0 Å². The molecule has 0 radical (unpaired) electrons. The van der Waals surface area contributed by atoms with E-state index in [-0.39, 0.29) is 5.41 Å². The van der Waals surface area contributed by atoms with E-state index >= 15 is 0 Å². The molecule has 0 heteroatoms. The predicted molar refractivity (Wildman–Crippen MR) is 167 cm³/mol. The summed E-state index contributed by atoms with van der Waals surface area (Å²) in [7, 11) is 0. The molecule has 7 aromatic rings. The van der Waals surface area contributed by atoms with Crippen LogP contribution in [0.3, 0.4) is 0 Å². The lowest BCUT2D eigenvalue weighted by molar-refractivity contribution is 0.660. The first kappa shape index (κ1) is 22.3. The van der Waals surface area contributed by atoms with Gasteiger partial charge in [0.1, 0.15) is 0 Å². The Bertz CT molecular complexity index is 2040. The molecule has 0 amide bonds. The van der Waals surface area contributed by atoms with Crippen molar-refractivity contribution >= 4 is 32.3 Å². The minimum atomic E-state index is 0.0138. The maximum absolute atomic E-state index is 2.40. The van der Waals surface area contributed by atoms with Crippen LogP contribution in [0, 0.1) is 0 Å². The van der Waals surface area contributed by atoms with Crippen molar-refractivity contribution in [3.8, 4) is 33.4 Å². The van der Waals surface area contributed by atoms with Gasteiger partial charge in [0.25, 0.3) is 0 Å². The predicted octanol–water partition coefficient (Wildman–Crippen LogP) is 10.8. The Morgan fingerprint density at radius 2 is 0.769 bits per heavy atom. The van der Waals surface area contributed by atoms with Crippen LogP contribution in [0.5, 0.6) is 0 Å². The Kier molecular flexibility index (Phi) is 4.67. The van der Waals surface area contributed by atoms with Crippen LogP contribution in [-0.4, -0.2) is 0 Å². The number of fused-ring (bicyclic) bond motifs is 9. The first-order chi connectivity index (χ1) is 19.1. The lowest BCUT2D eigenvalue weighted by Gasteiger charge is -2.22. The van der Waals surface area contributed by atoms with Gasteiger partial charge < -0.3 is 0 Å². The molecular weight excluding hydrogens is 468 g/mol. The van der Waals surface area contributed by atoms with Crippen molar-refractivity contribution < 1.29 is 0 Å². The van der Waals surface area contributed by atoms with Gasteiger partial charge in [-0.15, -0.1) is 0 Å². The lowest BCUT2D eigenvalue weighted by Crippen LogP contribution is -2.14. The van der Waals surface area contributed by atoms with Crippen molar-refractivity contribution in [1.29, 1.82) is 0 Å². The standard InChI is InChI=1S/C39H28/c1-39(2)37-14-8-7-13-34(37)35-22-20-28(24-38(35)39)26-17-15-25(16-18-26)27-19-21-33-31-11-4-3-9-29(31)30-10-5-6-12-32(30)36(33)23-27/h3-24H,1-2H3. The van der Waals surface area contributed by atoms with Crippen LogP contribution in [0.2, 0.25) is 0 Å². The van der Waals surface area contributed by atoms with E-state index in [1.807, 2.05) is 0 Å². The number of rotatable bonds is 2. The van der Waals surface area contributed by atoms with Crippen LogP contribution in [0.15, 0.2) is 133 Å². The minimum absolute atomic E-state index is 0.0138. The quantitative estimate of drug-likeness (QED) is 0.209. The molecule has 0 bridgehead atoms. The van der Waals surface area contributed by atoms with E-state index in [9.17, 15) is 0 Å². The Balaban J connectivity index is 1.21. The SMILES string of the molecule is CC1(C)c2ccccc2-c2ccc(-c3ccc(-c4ccc5c6ccccc6c6ccccc6c5c4)cc3)cc21.